The van der Waals surface area contributed by atoms with Crippen LogP contribution >= 0.6 is 0 Å². The number of alkyl halides is 1. The van der Waals surface area contributed by atoms with Crippen LogP contribution in [-0.2, 0) is 0 Å². The van der Waals surface area contributed by atoms with Crippen molar-refractivity contribution in [2.24, 2.45) is 5.92 Å². The third kappa shape index (κ3) is 7.81. The number of rotatable bonds is 14. The first kappa shape index (κ1) is 26.2. The molecular weight excluding hydrogens is 429 g/mol. The van der Waals surface area contributed by atoms with E-state index in [-0.39, 0.29) is 30.8 Å². The summed E-state index contributed by atoms with van der Waals surface area (Å²) in [5, 5.41) is 22.9. The Bertz CT molecular complexity index is 903. The standard InChI is InChI=1S/C23H34FN5O4/c1-4-25-22(31)17-9-10-20(21(13-17)33-12-8-6-5-7-11-24)29-14-18(27-28-29)23(32)26-19(15-30)16(2)3/h9-10,13-14,16,19,30H,4-8,11-12,15H2,1-3H3,(H,25,31)(H,26,32)/t19-/m0/s1. The highest BCUT2D eigenvalue weighted by Crippen LogP contribution is 2.25. The second-order valence-electron chi connectivity index (χ2n) is 8.05. The molecule has 0 saturated carbocycles. The Balaban J connectivity index is 2.21. The summed E-state index contributed by atoms with van der Waals surface area (Å²) in [6.07, 6.45) is 4.38. The van der Waals surface area contributed by atoms with Gasteiger partial charge in [0.1, 0.15) is 11.4 Å². The molecule has 1 atom stereocenters. The normalized spacial score (nSPS) is 11.9. The molecule has 0 aliphatic rings. The predicted octanol–water partition coefficient (Wildman–Crippen LogP) is 2.67. The Morgan fingerprint density at radius 2 is 1.94 bits per heavy atom. The molecular formula is C23H34FN5O4. The van der Waals surface area contributed by atoms with Gasteiger partial charge in [0, 0.05) is 12.1 Å². The number of aliphatic hydroxyl groups is 1. The summed E-state index contributed by atoms with van der Waals surface area (Å²) in [6, 6.07) is 4.57. The zero-order chi connectivity index (χ0) is 24.2. The van der Waals surface area contributed by atoms with E-state index in [2.05, 4.69) is 20.9 Å². The van der Waals surface area contributed by atoms with Gasteiger partial charge in [0.15, 0.2) is 5.69 Å². The van der Waals surface area contributed by atoms with E-state index in [1.54, 1.807) is 18.2 Å². The van der Waals surface area contributed by atoms with Gasteiger partial charge in [-0.15, -0.1) is 5.10 Å². The summed E-state index contributed by atoms with van der Waals surface area (Å²) in [5.74, 6) is -0.181. The lowest BCUT2D eigenvalue weighted by atomic mass is 10.1. The summed E-state index contributed by atoms with van der Waals surface area (Å²) >= 11 is 0. The van der Waals surface area contributed by atoms with Crippen LogP contribution in [0.4, 0.5) is 4.39 Å². The SMILES string of the molecule is CCNC(=O)c1ccc(-n2cc(C(=O)N[C@@H](CO)C(C)C)nn2)c(OCCCCCCF)c1. The molecule has 2 rings (SSSR count). The van der Waals surface area contributed by atoms with Gasteiger partial charge in [-0.1, -0.05) is 25.5 Å². The van der Waals surface area contributed by atoms with Crippen molar-refractivity contribution in [2.45, 2.75) is 52.5 Å². The molecule has 0 aliphatic carbocycles. The minimum absolute atomic E-state index is 0.0562. The van der Waals surface area contributed by atoms with E-state index >= 15 is 0 Å². The first-order valence-corrected chi connectivity index (χ1v) is 11.4. The smallest absolute Gasteiger partial charge is 0.273 e. The molecule has 0 radical (unpaired) electrons. The fraction of sp³-hybridized carbons (Fsp3) is 0.565. The van der Waals surface area contributed by atoms with Crippen LogP contribution in [-0.4, -0.2) is 64.4 Å². The van der Waals surface area contributed by atoms with Crippen LogP contribution in [0.1, 0.15) is 67.3 Å². The molecule has 1 aromatic heterocycles. The first-order valence-electron chi connectivity index (χ1n) is 11.4. The van der Waals surface area contributed by atoms with Crippen LogP contribution in [0.15, 0.2) is 24.4 Å². The average Bonchev–Trinajstić information content (AvgIpc) is 3.29. The summed E-state index contributed by atoms with van der Waals surface area (Å²) in [4.78, 5) is 24.8. The summed E-state index contributed by atoms with van der Waals surface area (Å²) < 4.78 is 19.6. The van der Waals surface area contributed by atoms with E-state index < -0.39 is 11.9 Å². The van der Waals surface area contributed by atoms with Gasteiger partial charge in [-0.25, -0.2) is 4.68 Å². The van der Waals surface area contributed by atoms with Gasteiger partial charge in [-0.05, 0) is 50.3 Å². The lowest BCUT2D eigenvalue weighted by molar-refractivity contribution is 0.0891. The van der Waals surface area contributed by atoms with Gasteiger partial charge in [0.2, 0.25) is 0 Å². The molecule has 182 valence electrons. The van der Waals surface area contributed by atoms with Gasteiger partial charge in [0.05, 0.1) is 32.1 Å². The van der Waals surface area contributed by atoms with E-state index in [0.717, 1.165) is 19.3 Å². The van der Waals surface area contributed by atoms with Crippen molar-refractivity contribution < 1.29 is 23.8 Å². The molecule has 2 amide bonds. The van der Waals surface area contributed by atoms with Crippen LogP contribution < -0.4 is 15.4 Å². The number of halogens is 1. The topological polar surface area (TPSA) is 118 Å². The maximum atomic E-state index is 12.5. The average molecular weight is 464 g/mol. The molecule has 2 aromatic rings. The minimum atomic E-state index is -0.441. The van der Waals surface area contributed by atoms with Crippen molar-refractivity contribution in [1.82, 2.24) is 25.6 Å². The van der Waals surface area contributed by atoms with Crippen LogP contribution in [0, 0.1) is 5.92 Å². The molecule has 0 bridgehead atoms. The summed E-state index contributed by atoms with van der Waals surface area (Å²) in [7, 11) is 0. The number of hydrogen-bond donors (Lipinski definition) is 3. The number of aromatic nitrogens is 3. The van der Waals surface area contributed by atoms with Gasteiger partial charge < -0.3 is 20.5 Å². The Morgan fingerprint density at radius 1 is 1.18 bits per heavy atom. The molecule has 0 unspecified atom stereocenters. The van der Waals surface area contributed by atoms with Gasteiger partial charge in [0.25, 0.3) is 11.8 Å². The monoisotopic (exact) mass is 463 g/mol. The number of hydrogen-bond acceptors (Lipinski definition) is 6. The largest absolute Gasteiger partial charge is 0.491 e. The molecule has 0 saturated heterocycles. The van der Waals surface area contributed by atoms with Crippen LogP contribution in [0.5, 0.6) is 5.75 Å². The van der Waals surface area contributed by atoms with E-state index in [1.165, 1.54) is 10.9 Å². The molecule has 3 N–H and O–H groups in total. The summed E-state index contributed by atoms with van der Waals surface area (Å²) in [5.41, 5.74) is 1.06. The molecule has 1 aromatic carbocycles. The van der Waals surface area contributed by atoms with Crippen molar-refractivity contribution in [3.63, 3.8) is 0 Å². The van der Waals surface area contributed by atoms with Crippen LogP contribution in [0.2, 0.25) is 0 Å². The fourth-order valence-corrected chi connectivity index (χ4v) is 3.11. The number of amides is 2. The van der Waals surface area contributed by atoms with E-state index in [4.69, 9.17) is 4.74 Å². The Hall–Kier alpha value is -3.01. The highest BCUT2D eigenvalue weighted by molar-refractivity contribution is 5.95. The van der Waals surface area contributed by atoms with Crippen LogP contribution in [0.3, 0.4) is 0 Å². The van der Waals surface area contributed by atoms with E-state index in [0.29, 0.717) is 36.6 Å². The van der Waals surface area contributed by atoms with Crippen molar-refractivity contribution in [2.75, 3.05) is 26.4 Å². The van der Waals surface area contributed by atoms with Gasteiger partial charge in [-0.2, -0.15) is 0 Å². The highest BCUT2D eigenvalue weighted by Gasteiger charge is 2.20. The maximum absolute atomic E-state index is 12.5. The number of ether oxygens (including phenoxy) is 1. The lowest BCUT2D eigenvalue weighted by Gasteiger charge is -2.18. The molecule has 10 heteroatoms. The quantitative estimate of drug-likeness (QED) is 0.371. The van der Waals surface area contributed by atoms with E-state index in [9.17, 15) is 19.1 Å². The zero-order valence-corrected chi connectivity index (χ0v) is 19.5. The molecule has 0 aliphatic heterocycles. The number of benzene rings is 1. The zero-order valence-electron chi connectivity index (χ0n) is 19.5. The number of unbranched alkanes of at least 4 members (excludes halogenated alkanes) is 3. The Morgan fingerprint density at radius 3 is 2.61 bits per heavy atom. The molecule has 33 heavy (non-hydrogen) atoms. The fourth-order valence-electron chi connectivity index (χ4n) is 3.11. The number of carbonyl (C=O) groups excluding carboxylic acids is 2. The number of nitrogens with one attached hydrogen (secondary N) is 2. The molecule has 9 nitrogen and oxygen atoms in total. The molecule has 1 heterocycles. The predicted molar refractivity (Wildman–Crippen MR) is 122 cm³/mol. The maximum Gasteiger partial charge on any atom is 0.273 e. The van der Waals surface area contributed by atoms with Crippen molar-refractivity contribution >= 4 is 11.8 Å². The number of carbonyl (C=O) groups is 2. The Labute approximate surface area is 193 Å². The number of aliphatic hydroxyl groups excluding tert-OH is 1. The molecule has 0 spiro atoms. The third-order valence-corrected chi connectivity index (χ3v) is 5.14. The summed E-state index contributed by atoms with van der Waals surface area (Å²) in [6.45, 7) is 6.03. The van der Waals surface area contributed by atoms with Crippen molar-refractivity contribution in [3.8, 4) is 11.4 Å². The highest BCUT2D eigenvalue weighted by atomic mass is 19.1. The van der Waals surface area contributed by atoms with Gasteiger partial charge in [-0.3, -0.25) is 14.0 Å². The number of nitrogens with zero attached hydrogens (tertiary/aromatic N) is 3. The minimum Gasteiger partial charge on any atom is -0.491 e. The van der Waals surface area contributed by atoms with Crippen molar-refractivity contribution in [1.29, 1.82) is 0 Å². The van der Waals surface area contributed by atoms with Crippen LogP contribution in [0.25, 0.3) is 5.69 Å². The van der Waals surface area contributed by atoms with Crippen molar-refractivity contribution in [3.05, 3.63) is 35.7 Å². The second-order valence-corrected chi connectivity index (χ2v) is 8.05. The first-order chi connectivity index (χ1) is 15.9. The van der Waals surface area contributed by atoms with Gasteiger partial charge >= 0.3 is 0 Å². The van der Waals surface area contributed by atoms with E-state index in [1.807, 2.05) is 20.8 Å². The molecule has 0 fully saturated rings. The second kappa shape index (κ2) is 13.5. The Kier molecular flexibility index (Phi) is 10.8. The lowest BCUT2D eigenvalue weighted by Crippen LogP contribution is -2.41. The third-order valence-electron chi connectivity index (χ3n) is 5.14.